The molecule has 0 fully saturated rings. The molecule has 2 nitrogen and oxygen atoms in total. The summed E-state index contributed by atoms with van der Waals surface area (Å²) in [5.74, 6) is 0. The topological polar surface area (TPSA) is 8.17 Å². The van der Waals surface area contributed by atoms with Crippen LogP contribution in [-0.2, 0) is 21.7 Å². The summed E-state index contributed by atoms with van der Waals surface area (Å²) < 4.78 is 2.54. The summed E-state index contributed by atoms with van der Waals surface area (Å²) in [5, 5.41) is 10.0. The van der Waals surface area contributed by atoms with Crippen molar-refractivity contribution in [3.8, 4) is 50.2 Å². The zero-order chi connectivity index (χ0) is 57.0. The minimum Gasteiger partial charge on any atom is -0.309 e. The van der Waals surface area contributed by atoms with Crippen LogP contribution in [0.3, 0.4) is 0 Å². The van der Waals surface area contributed by atoms with Crippen molar-refractivity contribution in [1.82, 2.24) is 4.57 Å². The predicted octanol–water partition coefficient (Wildman–Crippen LogP) is 23.0. The SMILES string of the molecule is CC(C)(C)c1ccc(-c2ccccc2N(c2cc(C(C)(C)C)ccc2-c2ccc(-c3ccccc3)cc2)c2ccc3ccc4c(-n5c6ccc(C(C)(C)C)cc6c6cc(C(C)(C)C)ccc65)ccc5ccc2c3c54)c(-c2ccccc2)c1. The van der Waals surface area contributed by atoms with E-state index in [4.69, 9.17) is 0 Å². The first-order valence-electron chi connectivity index (χ1n) is 29.4. The Balaban J connectivity index is 1.11. The van der Waals surface area contributed by atoms with E-state index >= 15 is 0 Å². The van der Waals surface area contributed by atoms with Crippen molar-refractivity contribution in [1.29, 1.82) is 0 Å². The molecule has 0 saturated carbocycles. The fraction of sp³-hybridized carbons (Fsp3) is 0.200. The molecule has 0 spiro atoms. The van der Waals surface area contributed by atoms with Crippen LogP contribution >= 0.6 is 0 Å². The Morgan fingerprint density at radius 3 is 1.30 bits per heavy atom. The Kier molecular flexibility index (Phi) is 12.5. The van der Waals surface area contributed by atoms with Crippen molar-refractivity contribution in [2.45, 2.75) is 105 Å². The van der Waals surface area contributed by atoms with Crippen LogP contribution in [0.5, 0.6) is 0 Å². The van der Waals surface area contributed by atoms with Gasteiger partial charge in [-0.15, -0.1) is 0 Å². The highest BCUT2D eigenvalue weighted by molar-refractivity contribution is 6.28. The van der Waals surface area contributed by atoms with E-state index in [9.17, 15) is 0 Å². The quantitative estimate of drug-likeness (QED) is 0.138. The van der Waals surface area contributed by atoms with E-state index < -0.39 is 0 Å². The molecule has 0 aliphatic heterocycles. The summed E-state index contributed by atoms with van der Waals surface area (Å²) in [4.78, 5) is 2.61. The van der Waals surface area contributed by atoms with Gasteiger partial charge in [-0.25, -0.2) is 0 Å². The highest BCUT2D eigenvalue weighted by Gasteiger charge is 2.29. The van der Waals surface area contributed by atoms with Gasteiger partial charge >= 0.3 is 0 Å². The summed E-state index contributed by atoms with van der Waals surface area (Å²) in [7, 11) is 0. The van der Waals surface area contributed by atoms with E-state index in [1.54, 1.807) is 0 Å². The Morgan fingerprint density at radius 1 is 0.268 bits per heavy atom. The first-order valence-corrected chi connectivity index (χ1v) is 29.4. The summed E-state index contributed by atoms with van der Waals surface area (Å²) in [6.45, 7) is 27.9. The number of rotatable bonds is 8. The third-order valence-corrected chi connectivity index (χ3v) is 17.4. The van der Waals surface area contributed by atoms with Crippen LogP contribution in [-0.4, -0.2) is 4.57 Å². The molecule has 1 heterocycles. The molecule has 1 aromatic heterocycles. The second kappa shape index (κ2) is 19.5. The fourth-order valence-electron chi connectivity index (χ4n) is 12.7. The number of nitrogens with zero attached hydrogens (tertiary/aromatic N) is 2. The number of fused-ring (bicyclic) bond motifs is 3. The van der Waals surface area contributed by atoms with Crippen LogP contribution in [0, 0.1) is 0 Å². The Morgan fingerprint density at radius 2 is 0.707 bits per heavy atom. The third-order valence-electron chi connectivity index (χ3n) is 17.4. The van der Waals surface area contributed by atoms with Gasteiger partial charge < -0.3 is 9.47 Å². The van der Waals surface area contributed by atoms with Gasteiger partial charge in [0.1, 0.15) is 0 Å². The summed E-state index contributed by atoms with van der Waals surface area (Å²) in [6.07, 6.45) is 0. The average Bonchev–Trinajstić information content (AvgIpc) is 1.62. The normalized spacial score (nSPS) is 12.6. The van der Waals surface area contributed by atoms with Crippen LogP contribution in [0.1, 0.15) is 105 Å². The first-order chi connectivity index (χ1) is 39.2. The summed E-state index contributed by atoms with van der Waals surface area (Å²) in [6, 6.07) is 87.7. The predicted molar refractivity (Wildman–Crippen MR) is 356 cm³/mol. The van der Waals surface area contributed by atoms with Crippen molar-refractivity contribution >= 4 is 71.2 Å². The van der Waals surface area contributed by atoms with Crippen molar-refractivity contribution in [3.63, 3.8) is 0 Å². The van der Waals surface area contributed by atoms with Crippen LogP contribution in [0.4, 0.5) is 17.1 Å². The summed E-state index contributed by atoms with van der Waals surface area (Å²) in [5.41, 5.74) is 21.6. The van der Waals surface area contributed by atoms with Crippen LogP contribution in [0.2, 0.25) is 0 Å². The zero-order valence-corrected chi connectivity index (χ0v) is 49.8. The zero-order valence-electron chi connectivity index (χ0n) is 49.8. The number of aromatic nitrogens is 1. The van der Waals surface area contributed by atoms with Crippen molar-refractivity contribution in [2.24, 2.45) is 0 Å². The monoisotopic (exact) mass is 1060 g/mol. The third kappa shape index (κ3) is 9.14. The number of hydrogen-bond donors (Lipinski definition) is 0. The van der Waals surface area contributed by atoms with Gasteiger partial charge in [0.25, 0.3) is 0 Å². The van der Waals surface area contributed by atoms with Gasteiger partial charge in [-0.1, -0.05) is 265 Å². The molecule has 2 heteroatoms. The smallest absolute Gasteiger partial charge is 0.0543 e. The number of para-hydroxylation sites is 1. The molecule has 404 valence electrons. The van der Waals surface area contributed by atoms with Gasteiger partial charge in [-0.3, -0.25) is 0 Å². The molecule has 0 aliphatic carbocycles. The molecule has 0 aliphatic rings. The van der Waals surface area contributed by atoms with Crippen molar-refractivity contribution in [3.05, 3.63) is 253 Å². The number of hydrogen-bond acceptors (Lipinski definition) is 1. The van der Waals surface area contributed by atoms with Gasteiger partial charge in [-0.2, -0.15) is 0 Å². The van der Waals surface area contributed by atoms with E-state index in [-0.39, 0.29) is 21.7 Å². The molecule has 0 atom stereocenters. The first kappa shape index (κ1) is 52.6. The van der Waals surface area contributed by atoms with Crippen molar-refractivity contribution in [2.75, 3.05) is 4.90 Å². The largest absolute Gasteiger partial charge is 0.309 e. The second-order valence-electron chi connectivity index (χ2n) is 27.0. The molecular weight excluding hydrogens is 989 g/mol. The molecule has 0 radical (unpaired) electrons. The van der Waals surface area contributed by atoms with E-state index in [1.807, 2.05) is 0 Å². The molecule has 0 N–H and O–H groups in total. The highest BCUT2D eigenvalue weighted by Crippen LogP contribution is 2.52. The Hall–Kier alpha value is -8.72. The van der Waals surface area contributed by atoms with Gasteiger partial charge in [0.15, 0.2) is 0 Å². The Labute approximate surface area is 485 Å². The molecular formula is C80H74N2. The maximum absolute atomic E-state index is 2.61. The molecule has 0 bridgehead atoms. The highest BCUT2D eigenvalue weighted by atomic mass is 15.1. The molecule has 82 heavy (non-hydrogen) atoms. The van der Waals surface area contributed by atoms with Crippen LogP contribution < -0.4 is 4.90 Å². The minimum absolute atomic E-state index is 0.00619. The van der Waals surface area contributed by atoms with Crippen LogP contribution in [0.15, 0.2) is 231 Å². The summed E-state index contributed by atoms with van der Waals surface area (Å²) >= 11 is 0. The molecule has 0 saturated heterocycles. The van der Waals surface area contributed by atoms with E-state index in [1.165, 1.54) is 110 Å². The van der Waals surface area contributed by atoms with E-state index in [0.29, 0.717) is 0 Å². The van der Waals surface area contributed by atoms with Gasteiger partial charge in [-0.05, 0) is 147 Å². The van der Waals surface area contributed by atoms with Gasteiger partial charge in [0.05, 0.1) is 33.8 Å². The minimum atomic E-state index is -0.132. The van der Waals surface area contributed by atoms with Gasteiger partial charge in [0.2, 0.25) is 0 Å². The van der Waals surface area contributed by atoms with Crippen LogP contribution in [0.25, 0.3) is 104 Å². The lowest BCUT2D eigenvalue weighted by Crippen LogP contribution is -2.16. The average molecular weight is 1060 g/mol. The number of benzene rings is 12. The molecule has 12 aromatic carbocycles. The molecule has 0 amide bonds. The lowest BCUT2D eigenvalue weighted by Gasteiger charge is -2.33. The number of anilines is 3. The van der Waals surface area contributed by atoms with Crippen molar-refractivity contribution < 1.29 is 0 Å². The fourth-order valence-corrected chi connectivity index (χ4v) is 12.7. The maximum Gasteiger partial charge on any atom is 0.0543 e. The van der Waals surface area contributed by atoms with E-state index in [2.05, 4.69) is 323 Å². The van der Waals surface area contributed by atoms with E-state index in [0.717, 1.165) is 33.8 Å². The lowest BCUT2D eigenvalue weighted by molar-refractivity contribution is 0.590. The lowest BCUT2D eigenvalue weighted by atomic mass is 9.82. The van der Waals surface area contributed by atoms with Gasteiger partial charge in [0, 0.05) is 32.7 Å². The molecule has 13 rings (SSSR count). The Bertz CT molecular complexity index is 4490. The molecule has 13 aromatic rings. The molecule has 0 unspecified atom stereocenters. The maximum atomic E-state index is 2.61. The second-order valence-corrected chi connectivity index (χ2v) is 27.0. The standard InChI is InChI=1S/C80H74N2/c1-77(2,3)57-36-42-62(66(47-57)53-23-17-14-18-24-53)63-25-19-20-26-69(63)82(74-50-60(80(10,11)12)35-41-61(74)54-29-27-52(28-30-54)51-21-15-13-16-22-51)71-44-34-56-31-39-64-70(43-33-55-32-40-65(71)76(56)75(55)64)81-72-45-37-58(78(4,5)6)48-67(72)68-49-59(79(7,8)9)38-46-73(68)81/h13-50H,1-12H3.